The highest BCUT2D eigenvalue weighted by Crippen LogP contribution is 2.20. The van der Waals surface area contributed by atoms with Gasteiger partial charge in [0.05, 0.1) is 12.4 Å². The van der Waals surface area contributed by atoms with Crippen LogP contribution in [0.1, 0.15) is 44.4 Å². The number of para-hydroxylation sites is 1. The lowest BCUT2D eigenvalue weighted by atomic mass is 9.96. The van der Waals surface area contributed by atoms with Gasteiger partial charge in [0.2, 0.25) is 23.6 Å². The maximum atomic E-state index is 13.7. The van der Waals surface area contributed by atoms with E-state index in [1.807, 2.05) is 31.2 Å². The number of aliphatic carboxylic acids is 1. The largest absolute Gasteiger partial charge is 0.480 e. The third-order valence-electron chi connectivity index (χ3n) is 7.16. The normalized spacial score (nSPS) is 14.7. The van der Waals surface area contributed by atoms with Gasteiger partial charge in [-0.2, -0.15) is 0 Å². The van der Waals surface area contributed by atoms with Crippen molar-refractivity contribution in [3.63, 3.8) is 0 Å². The molecule has 10 N–H and O–H groups in total. The third-order valence-corrected chi connectivity index (χ3v) is 7.16. The van der Waals surface area contributed by atoms with Gasteiger partial charge in [0.15, 0.2) is 0 Å². The van der Waals surface area contributed by atoms with Crippen molar-refractivity contribution in [1.29, 1.82) is 0 Å². The van der Waals surface area contributed by atoms with Crippen LogP contribution in [0.4, 0.5) is 0 Å². The average molecular weight is 583 g/mol. The van der Waals surface area contributed by atoms with Gasteiger partial charge in [-0.15, -0.1) is 0 Å². The number of imidazole rings is 1. The van der Waals surface area contributed by atoms with Crippen molar-refractivity contribution in [3.05, 3.63) is 54.2 Å². The Bertz CT molecular complexity index is 1390. The number of primary amides is 1. The molecule has 0 saturated carbocycles. The van der Waals surface area contributed by atoms with Crippen molar-refractivity contribution in [2.75, 3.05) is 0 Å². The number of amides is 4. The van der Waals surface area contributed by atoms with Gasteiger partial charge < -0.3 is 42.5 Å². The number of carbonyl (C=O) groups excluding carboxylic acids is 4. The second kappa shape index (κ2) is 14.8. The number of fused-ring (bicyclic) bond motifs is 1. The zero-order chi connectivity index (χ0) is 30.8. The van der Waals surface area contributed by atoms with Crippen LogP contribution in [0.3, 0.4) is 0 Å². The van der Waals surface area contributed by atoms with E-state index in [-0.39, 0.29) is 31.6 Å². The molecule has 0 fully saturated rings. The molecule has 0 bridgehead atoms. The summed E-state index contributed by atoms with van der Waals surface area (Å²) in [6, 6.07) is 2.84. The number of nitrogens with one attached hydrogen (secondary N) is 5. The summed E-state index contributed by atoms with van der Waals surface area (Å²) in [4.78, 5) is 72.8. The van der Waals surface area contributed by atoms with Gasteiger partial charge in [0, 0.05) is 48.3 Å². The predicted molar refractivity (Wildman–Crippen MR) is 154 cm³/mol. The summed E-state index contributed by atoms with van der Waals surface area (Å²) in [7, 11) is 0. The van der Waals surface area contributed by atoms with Crippen molar-refractivity contribution in [1.82, 2.24) is 30.9 Å². The zero-order valence-corrected chi connectivity index (χ0v) is 23.6. The van der Waals surface area contributed by atoms with E-state index in [1.54, 1.807) is 13.1 Å². The van der Waals surface area contributed by atoms with Crippen LogP contribution in [-0.2, 0) is 36.8 Å². The summed E-state index contributed by atoms with van der Waals surface area (Å²) >= 11 is 0. The summed E-state index contributed by atoms with van der Waals surface area (Å²) < 4.78 is 0. The molecule has 226 valence electrons. The first kappa shape index (κ1) is 31.8. The minimum absolute atomic E-state index is 0.00655. The number of aromatic amines is 2. The number of hydrogen-bond acceptors (Lipinski definition) is 7. The highest BCUT2D eigenvalue weighted by Gasteiger charge is 2.33. The van der Waals surface area contributed by atoms with E-state index < -0.39 is 53.8 Å². The van der Waals surface area contributed by atoms with Gasteiger partial charge in [-0.05, 0) is 24.0 Å². The number of benzene rings is 1. The van der Waals surface area contributed by atoms with E-state index >= 15 is 0 Å². The molecule has 0 aliphatic carbocycles. The molecular weight excluding hydrogens is 544 g/mol. The average Bonchev–Trinajstić information content (AvgIpc) is 3.63. The Labute approximate surface area is 242 Å². The summed E-state index contributed by atoms with van der Waals surface area (Å²) in [5.74, 6) is -4.23. The van der Waals surface area contributed by atoms with E-state index in [0.29, 0.717) is 12.1 Å². The Morgan fingerprint density at radius 2 is 1.69 bits per heavy atom. The molecule has 1 aromatic carbocycles. The van der Waals surface area contributed by atoms with Crippen LogP contribution >= 0.6 is 0 Å². The molecule has 42 heavy (non-hydrogen) atoms. The Morgan fingerprint density at radius 3 is 2.33 bits per heavy atom. The van der Waals surface area contributed by atoms with Crippen molar-refractivity contribution in [2.45, 2.75) is 70.1 Å². The number of nitrogens with zero attached hydrogens (tertiary/aromatic N) is 1. The van der Waals surface area contributed by atoms with Crippen molar-refractivity contribution >= 4 is 40.5 Å². The number of nitrogens with two attached hydrogens (primary N) is 2. The lowest BCUT2D eigenvalue weighted by molar-refractivity contribution is -0.142. The molecule has 0 aliphatic rings. The van der Waals surface area contributed by atoms with Crippen LogP contribution in [0.2, 0.25) is 0 Å². The molecule has 4 amide bonds. The molecule has 2 heterocycles. The molecule has 0 radical (unpaired) electrons. The molecule has 0 saturated heterocycles. The van der Waals surface area contributed by atoms with Gasteiger partial charge in [-0.3, -0.25) is 19.2 Å². The first-order valence-electron chi connectivity index (χ1n) is 13.7. The van der Waals surface area contributed by atoms with Crippen LogP contribution in [0, 0.1) is 5.92 Å². The highest BCUT2D eigenvalue weighted by atomic mass is 16.4. The fourth-order valence-electron chi connectivity index (χ4n) is 4.47. The topological polar surface area (TPSA) is 238 Å². The van der Waals surface area contributed by atoms with E-state index in [0.717, 1.165) is 16.5 Å². The van der Waals surface area contributed by atoms with Gasteiger partial charge in [0.1, 0.15) is 18.1 Å². The quantitative estimate of drug-likeness (QED) is 0.113. The number of hydrogen-bond donors (Lipinski definition) is 8. The first-order valence-corrected chi connectivity index (χ1v) is 13.7. The Morgan fingerprint density at radius 1 is 0.976 bits per heavy atom. The molecule has 3 aromatic rings. The first-order chi connectivity index (χ1) is 20.0. The van der Waals surface area contributed by atoms with Gasteiger partial charge >= 0.3 is 5.97 Å². The summed E-state index contributed by atoms with van der Waals surface area (Å²) in [5, 5.41) is 18.4. The summed E-state index contributed by atoms with van der Waals surface area (Å²) in [6.07, 6.45) is 5.01. The molecule has 3 rings (SSSR count). The molecule has 14 heteroatoms. The maximum absolute atomic E-state index is 13.7. The molecule has 14 nitrogen and oxygen atoms in total. The monoisotopic (exact) mass is 582 g/mol. The molecule has 0 spiro atoms. The molecule has 5 unspecified atom stereocenters. The number of H-pyrrole nitrogens is 2. The molecular formula is C28H38N8O6. The van der Waals surface area contributed by atoms with Crippen LogP contribution in [-0.4, -0.2) is 73.8 Å². The third kappa shape index (κ3) is 8.64. The van der Waals surface area contributed by atoms with E-state index in [4.69, 9.17) is 11.5 Å². The van der Waals surface area contributed by atoms with Gasteiger partial charge in [-0.25, -0.2) is 9.78 Å². The second-order valence-corrected chi connectivity index (χ2v) is 10.3. The molecule has 0 aliphatic heterocycles. The van der Waals surface area contributed by atoms with Gasteiger partial charge in [-0.1, -0.05) is 38.5 Å². The van der Waals surface area contributed by atoms with Crippen LogP contribution < -0.4 is 27.4 Å². The maximum Gasteiger partial charge on any atom is 0.326 e. The Hall–Kier alpha value is -4.72. The number of rotatable bonds is 16. The lowest BCUT2D eigenvalue weighted by Crippen LogP contribution is -2.59. The van der Waals surface area contributed by atoms with Crippen molar-refractivity contribution < 1.29 is 29.1 Å². The smallest absolute Gasteiger partial charge is 0.326 e. The summed E-state index contributed by atoms with van der Waals surface area (Å²) in [5.41, 5.74) is 13.2. The molecule has 5 atom stereocenters. The SMILES string of the molecule is CCC(C)C(NC(=O)C(Cc1c[nH]c2ccccc12)NC(=O)C(N)CCC(N)=O)C(=O)NC(Cc1cnc[nH]1)C(=O)O. The minimum atomic E-state index is -1.27. The van der Waals surface area contributed by atoms with E-state index in [9.17, 15) is 29.1 Å². The fraction of sp³-hybridized carbons (Fsp3) is 0.429. The minimum Gasteiger partial charge on any atom is -0.480 e. The zero-order valence-electron chi connectivity index (χ0n) is 23.6. The fourth-order valence-corrected chi connectivity index (χ4v) is 4.47. The Kier molecular flexibility index (Phi) is 11.2. The van der Waals surface area contributed by atoms with Crippen LogP contribution in [0.15, 0.2) is 43.0 Å². The number of aromatic nitrogens is 3. The van der Waals surface area contributed by atoms with Crippen molar-refractivity contribution in [3.8, 4) is 0 Å². The highest BCUT2D eigenvalue weighted by molar-refractivity contribution is 5.95. The second-order valence-electron chi connectivity index (χ2n) is 10.3. The van der Waals surface area contributed by atoms with E-state index in [2.05, 4.69) is 30.9 Å². The Balaban J connectivity index is 1.82. The summed E-state index contributed by atoms with van der Waals surface area (Å²) in [6.45, 7) is 3.58. The lowest BCUT2D eigenvalue weighted by Gasteiger charge is -2.28. The number of carboxylic acids is 1. The van der Waals surface area contributed by atoms with Crippen molar-refractivity contribution in [2.24, 2.45) is 17.4 Å². The molecule has 2 aromatic heterocycles. The van der Waals surface area contributed by atoms with Gasteiger partial charge in [0.25, 0.3) is 0 Å². The van der Waals surface area contributed by atoms with Crippen LogP contribution in [0.5, 0.6) is 0 Å². The van der Waals surface area contributed by atoms with Crippen LogP contribution in [0.25, 0.3) is 10.9 Å². The van der Waals surface area contributed by atoms with E-state index in [1.165, 1.54) is 12.5 Å². The predicted octanol–water partition coefficient (Wildman–Crippen LogP) is -0.146. The standard InChI is InChI=1S/C28H38N8O6/c1-3-15(2)24(27(40)35-22(28(41)42)11-17-13-31-14-33-17)36-26(39)21(34-25(38)19(29)8-9-23(30)37)10-16-12-32-20-7-5-4-6-18(16)20/h4-7,12-15,19,21-22,24,32H,3,8-11,29H2,1-2H3,(H2,30,37)(H,31,33)(H,34,38)(H,35,40)(H,36,39)(H,41,42). The number of carbonyl (C=O) groups is 5. The number of carboxylic acid groups (broad SMARTS) is 1.